The smallest absolute Gasteiger partial charge is 0.399 e. The second-order valence-electron chi connectivity index (χ2n) is 8.87. The van der Waals surface area contributed by atoms with Gasteiger partial charge in [0.25, 0.3) is 0 Å². The molecule has 6 nitrogen and oxygen atoms in total. The van der Waals surface area contributed by atoms with Crippen LogP contribution in [-0.2, 0) is 15.7 Å². The fourth-order valence-electron chi connectivity index (χ4n) is 3.71. The summed E-state index contributed by atoms with van der Waals surface area (Å²) in [5, 5.41) is 0. The van der Waals surface area contributed by atoms with Crippen LogP contribution >= 0.6 is 0 Å². The van der Waals surface area contributed by atoms with Crippen LogP contribution in [0.3, 0.4) is 0 Å². The molecule has 0 atom stereocenters. The first-order chi connectivity index (χ1) is 13.8. The highest BCUT2D eigenvalue weighted by Crippen LogP contribution is 2.36. The van der Waals surface area contributed by atoms with E-state index in [0.29, 0.717) is 0 Å². The molecule has 0 aromatic carbocycles. The minimum absolute atomic E-state index is 0.336. The molecule has 7 heteroatoms. The number of anilines is 2. The number of rotatable bonds is 4. The minimum atomic E-state index is -0.364. The molecule has 2 aliphatic heterocycles. The first-order valence-electron chi connectivity index (χ1n) is 10.6. The molecule has 2 aliphatic rings. The van der Waals surface area contributed by atoms with Gasteiger partial charge >= 0.3 is 7.12 Å². The maximum atomic E-state index is 6.13. The van der Waals surface area contributed by atoms with E-state index in [-0.39, 0.29) is 18.3 Å². The Balaban J connectivity index is 1.37. The molecule has 2 aromatic rings. The van der Waals surface area contributed by atoms with Gasteiger partial charge in [0.1, 0.15) is 5.82 Å². The molecule has 0 spiro atoms. The zero-order valence-corrected chi connectivity index (χ0v) is 18.2. The molecule has 154 valence electrons. The highest BCUT2D eigenvalue weighted by Gasteiger charge is 2.51. The van der Waals surface area contributed by atoms with Crippen molar-refractivity contribution >= 4 is 24.1 Å². The third-order valence-electron chi connectivity index (χ3n) is 6.44. The second kappa shape index (κ2) is 7.61. The average molecular weight is 394 g/mol. The van der Waals surface area contributed by atoms with Crippen molar-refractivity contribution in [2.75, 3.05) is 36.0 Å². The molecular formula is C22H31BN4O2. The molecule has 0 bridgehead atoms. The van der Waals surface area contributed by atoms with E-state index in [0.717, 1.165) is 49.6 Å². The molecule has 0 amide bonds. The molecule has 4 rings (SSSR count). The van der Waals surface area contributed by atoms with Crippen molar-refractivity contribution in [1.29, 1.82) is 0 Å². The lowest BCUT2D eigenvalue weighted by Crippen LogP contribution is -2.47. The van der Waals surface area contributed by atoms with E-state index in [4.69, 9.17) is 14.3 Å². The third kappa shape index (κ3) is 3.98. The molecule has 0 unspecified atom stereocenters. The van der Waals surface area contributed by atoms with Crippen molar-refractivity contribution in [2.45, 2.75) is 52.2 Å². The van der Waals surface area contributed by atoms with Crippen LogP contribution in [0.2, 0.25) is 0 Å². The number of hydrogen-bond donors (Lipinski definition) is 0. The number of aromatic nitrogens is 2. The van der Waals surface area contributed by atoms with Gasteiger partial charge in [0.15, 0.2) is 0 Å². The maximum Gasteiger partial charge on any atom is 0.496 e. The van der Waals surface area contributed by atoms with Crippen LogP contribution in [0.25, 0.3) is 0 Å². The summed E-state index contributed by atoms with van der Waals surface area (Å²) in [6.45, 7) is 14.2. The lowest BCUT2D eigenvalue weighted by molar-refractivity contribution is 0.00578. The monoisotopic (exact) mass is 394 g/mol. The Kier molecular flexibility index (Phi) is 5.30. The van der Waals surface area contributed by atoms with Crippen molar-refractivity contribution in [1.82, 2.24) is 9.97 Å². The summed E-state index contributed by atoms with van der Waals surface area (Å²) in [4.78, 5) is 13.9. The van der Waals surface area contributed by atoms with Crippen LogP contribution in [-0.4, -0.2) is 54.5 Å². The number of hydrogen-bond acceptors (Lipinski definition) is 6. The van der Waals surface area contributed by atoms with E-state index in [2.05, 4.69) is 73.7 Å². The number of pyridine rings is 2. The summed E-state index contributed by atoms with van der Waals surface area (Å²) in [5.74, 6) is 1.00. The second-order valence-corrected chi connectivity index (χ2v) is 8.87. The molecule has 2 fully saturated rings. The van der Waals surface area contributed by atoms with E-state index >= 15 is 0 Å². The van der Waals surface area contributed by atoms with Crippen molar-refractivity contribution in [2.24, 2.45) is 0 Å². The Hall–Kier alpha value is -2.12. The molecule has 29 heavy (non-hydrogen) atoms. The van der Waals surface area contributed by atoms with Gasteiger partial charge in [0, 0.05) is 43.5 Å². The molecule has 2 saturated heterocycles. The first-order valence-corrected chi connectivity index (χ1v) is 10.6. The van der Waals surface area contributed by atoms with Crippen molar-refractivity contribution in [3.63, 3.8) is 0 Å². The molecule has 0 aliphatic carbocycles. The Morgan fingerprint density at radius 2 is 1.52 bits per heavy atom. The van der Waals surface area contributed by atoms with Crippen LogP contribution in [0, 0.1) is 0 Å². The van der Waals surface area contributed by atoms with Gasteiger partial charge in [-0.1, -0.05) is 13.0 Å². The van der Waals surface area contributed by atoms with Gasteiger partial charge in [-0.05, 0) is 52.3 Å². The molecule has 0 saturated carbocycles. The summed E-state index contributed by atoms with van der Waals surface area (Å²) in [7, 11) is -0.364. The summed E-state index contributed by atoms with van der Waals surface area (Å²) < 4.78 is 12.3. The normalized spacial score (nSPS) is 20.9. The molecule has 0 N–H and O–H groups in total. The van der Waals surface area contributed by atoms with Gasteiger partial charge in [0.05, 0.1) is 23.1 Å². The highest BCUT2D eigenvalue weighted by atomic mass is 16.7. The standard InChI is InChI=1S/C22H31BN4O2/c1-6-18-8-9-19(16-24-18)26-11-13-27(14-12-26)20-10-7-17(15-25-20)23-28-21(2,3)22(4,5)29-23/h7-10,15-16H,6,11-14H2,1-5H3. The van der Waals surface area contributed by atoms with E-state index in [1.54, 1.807) is 0 Å². The molecule has 0 radical (unpaired) electrons. The molecule has 2 aromatic heterocycles. The van der Waals surface area contributed by atoms with E-state index in [9.17, 15) is 0 Å². The predicted octanol–water partition coefficient (Wildman–Crippen LogP) is 2.66. The topological polar surface area (TPSA) is 50.7 Å². The Labute approximate surface area is 174 Å². The highest BCUT2D eigenvalue weighted by molar-refractivity contribution is 6.62. The average Bonchev–Trinajstić information content (AvgIpc) is 2.95. The third-order valence-corrected chi connectivity index (χ3v) is 6.44. The SMILES string of the molecule is CCc1ccc(N2CCN(c3ccc(B4OC(C)(C)C(C)(C)O4)cn3)CC2)cn1. The first kappa shape index (κ1) is 20.2. The Bertz CT molecular complexity index is 815. The van der Waals surface area contributed by atoms with Gasteiger partial charge in [-0.15, -0.1) is 0 Å². The van der Waals surface area contributed by atoms with E-state index in [1.165, 1.54) is 5.69 Å². The van der Waals surface area contributed by atoms with E-state index < -0.39 is 0 Å². The number of piperazine rings is 1. The molecular weight excluding hydrogens is 363 g/mol. The largest absolute Gasteiger partial charge is 0.496 e. The summed E-state index contributed by atoms with van der Waals surface area (Å²) in [6.07, 6.45) is 4.85. The predicted molar refractivity (Wildman–Crippen MR) is 118 cm³/mol. The zero-order valence-electron chi connectivity index (χ0n) is 18.2. The maximum absolute atomic E-state index is 6.13. The van der Waals surface area contributed by atoms with Gasteiger partial charge in [-0.2, -0.15) is 0 Å². The number of aryl methyl sites for hydroxylation is 1. The van der Waals surface area contributed by atoms with E-state index in [1.807, 2.05) is 12.4 Å². The van der Waals surface area contributed by atoms with Crippen molar-refractivity contribution in [3.05, 3.63) is 42.4 Å². The fourth-order valence-corrected chi connectivity index (χ4v) is 3.71. The van der Waals surface area contributed by atoms with Gasteiger partial charge < -0.3 is 19.1 Å². The summed E-state index contributed by atoms with van der Waals surface area (Å²) in [6, 6.07) is 8.45. The van der Waals surface area contributed by atoms with Gasteiger partial charge in [-0.25, -0.2) is 4.98 Å². The van der Waals surface area contributed by atoms with Gasteiger partial charge in [0.2, 0.25) is 0 Å². The van der Waals surface area contributed by atoms with Crippen LogP contribution in [0.5, 0.6) is 0 Å². The van der Waals surface area contributed by atoms with Crippen LogP contribution < -0.4 is 15.3 Å². The van der Waals surface area contributed by atoms with Crippen molar-refractivity contribution < 1.29 is 9.31 Å². The fraction of sp³-hybridized carbons (Fsp3) is 0.545. The van der Waals surface area contributed by atoms with Crippen LogP contribution in [0.1, 0.15) is 40.3 Å². The summed E-state index contributed by atoms with van der Waals surface area (Å²) >= 11 is 0. The van der Waals surface area contributed by atoms with Gasteiger partial charge in [-0.3, -0.25) is 4.98 Å². The molecule has 4 heterocycles. The number of nitrogens with zero attached hydrogens (tertiary/aromatic N) is 4. The summed E-state index contributed by atoms with van der Waals surface area (Å²) in [5.41, 5.74) is 2.63. The van der Waals surface area contributed by atoms with Crippen LogP contribution in [0.4, 0.5) is 11.5 Å². The minimum Gasteiger partial charge on any atom is -0.399 e. The lowest BCUT2D eigenvalue weighted by Gasteiger charge is -2.36. The lowest BCUT2D eigenvalue weighted by atomic mass is 9.80. The zero-order chi connectivity index (χ0) is 20.6. The quantitative estimate of drug-likeness (QED) is 0.744. The van der Waals surface area contributed by atoms with Crippen LogP contribution in [0.15, 0.2) is 36.7 Å². The van der Waals surface area contributed by atoms with Crippen molar-refractivity contribution in [3.8, 4) is 0 Å². The Morgan fingerprint density at radius 3 is 2.03 bits per heavy atom. The Morgan fingerprint density at radius 1 is 0.862 bits per heavy atom.